The number of amides is 1. The zero-order valence-electron chi connectivity index (χ0n) is 10.0. The smallest absolute Gasteiger partial charge is 0.268 e. The first-order valence-corrected chi connectivity index (χ1v) is 5.50. The summed E-state index contributed by atoms with van der Waals surface area (Å²) in [4.78, 5) is 11.7. The molecule has 0 heterocycles. The van der Waals surface area contributed by atoms with E-state index in [4.69, 9.17) is 10.6 Å². The second-order valence-electron chi connectivity index (χ2n) is 3.75. The van der Waals surface area contributed by atoms with Gasteiger partial charge in [-0.2, -0.15) is 0 Å². The number of rotatable bonds is 3. The predicted molar refractivity (Wildman–Crippen MR) is 70.1 cm³/mol. The van der Waals surface area contributed by atoms with E-state index in [1.165, 1.54) is 7.11 Å². The summed E-state index contributed by atoms with van der Waals surface area (Å²) in [6.07, 6.45) is 0. The Bertz CT molecular complexity index is 553. The van der Waals surface area contributed by atoms with Crippen molar-refractivity contribution in [3.63, 3.8) is 0 Å². The molecule has 0 aliphatic rings. The molecule has 4 nitrogen and oxygen atoms in total. The maximum atomic E-state index is 11.7. The first-order valence-electron chi connectivity index (χ1n) is 5.50. The normalized spacial score (nSPS) is 9.89. The Morgan fingerprint density at radius 2 is 1.83 bits per heavy atom. The Kier molecular flexibility index (Phi) is 3.60. The van der Waals surface area contributed by atoms with Crippen LogP contribution in [0, 0.1) is 0 Å². The maximum Gasteiger partial charge on any atom is 0.268 e. The van der Waals surface area contributed by atoms with Gasteiger partial charge in [-0.3, -0.25) is 10.2 Å². The van der Waals surface area contributed by atoms with E-state index in [1.807, 2.05) is 36.4 Å². The van der Waals surface area contributed by atoms with Gasteiger partial charge in [0.25, 0.3) is 5.91 Å². The number of nitrogens with two attached hydrogens (primary N) is 1. The van der Waals surface area contributed by atoms with Crippen LogP contribution in [0.1, 0.15) is 10.4 Å². The van der Waals surface area contributed by atoms with Crippen LogP contribution in [0.25, 0.3) is 11.1 Å². The standard InChI is InChI=1S/C14H14N2O2/c1-18-13-8-7-11(9-12(13)14(17)16-15)10-5-3-2-4-6-10/h2-9H,15H2,1H3,(H,16,17). The molecule has 0 aromatic heterocycles. The molecule has 0 atom stereocenters. The number of benzene rings is 2. The SMILES string of the molecule is COc1ccc(-c2ccccc2)cc1C(=O)NN. The van der Waals surface area contributed by atoms with Gasteiger partial charge in [0.05, 0.1) is 12.7 Å². The fourth-order valence-corrected chi connectivity index (χ4v) is 1.77. The zero-order valence-corrected chi connectivity index (χ0v) is 10.0. The Balaban J connectivity index is 2.49. The van der Waals surface area contributed by atoms with E-state index in [2.05, 4.69) is 5.43 Å². The van der Waals surface area contributed by atoms with Crippen LogP contribution in [0.4, 0.5) is 0 Å². The summed E-state index contributed by atoms with van der Waals surface area (Å²) in [5.74, 6) is 5.29. The molecule has 0 saturated heterocycles. The van der Waals surface area contributed by atoms with Crippen molar-refractivity contribution in [3.05, 3.63) is 54.1 Å². The monoisotopic (exact) mass is 242 g/mol. The lowest BCUT2D eigenvalue weighted by Crippen LogP contribution is -2.30. The van der Waals surface area contributed by atoms with Crippen LogP contribution >= 0.6 is 0 Å². The van der Waals surface area contributed by atoms with Crippen molar-refractivity contribution in [2.45, 2.75) is 0 Å². The number of hydrogen-bond acceptors (Lipinski definition) is 3. The fourth-order valence-electron chi connectivity index (χ4n) is 1.77. The van der Waals surface area contributed by atoms with E-state index >= 15 is 0 Å². The highest BCUT2D eigenvalue weighted by Crippen LogP contribution is 2.26. The van der Waals surface area contributed by atoms with Gasteiger partial charge in [0.2, 0.25) is 0 Å². The number of carbonyl (C=O) groups is 1. The lowest BCUT2D eigenvalue weighted by molar-refractivity contribution is 0.0950. The number of hydrogen-bond donors (Lipinski definition) is 2. The van der Waals surface area contributed by atoms with E-state index < -0.39 is 0 Å². The highest BCUT2D eigenvalue weighted by atomic mass is 16.5. The number of carbonyl (C=O) groups excluding carboxylic acids is 1. The minimum Gasteiger partial charge on any atom is -0.496 e. The van der Waals surface area contributed by atoms with Crippen LogP contribution in [-0.4, -0.2) is 13.0 Å². The molecule has 0 bridgehead atoms. The van der Waals surface area contributed by atoms with Crippen molar-refractivity contribution in [1.29, 1.82) is 0 Å². The predicted octanol–water partition coefficient (Wildman–Crippen LogP) is 1.97. The average molecular weight is 242 g/mol. The van der Waals surface area contributed by atoms with Gasteiger partial charge in [0, 0.05) is 0 Å². The molecule has 2 aromatic rings. The van der Waals surface area contributed by atoms with Gasteiger partial charge in [-0.1, -0.05) is 36.4 Å². The number of methoxy groups -OCH3 is 1. The van der Waals surface area contributed by atoms with Crippen LogP contribution in [0.2, 0.25) is 0 Å². The summed E-state index contributed by atoms with van der Waals surface area (Å²) in [7, 11) is 1.52. The second-order valence-corrected chi connectivity index (χ2v) is 3.75. The van der Waals surface area contributed by atoms with Gasteiger partial charge in [0.1, 0.15) is 5.75 Å². The molecule has 92 valence electrons. The van der Waals surface area contributed by atoms with E-state index in [1.54, 1.807) is 12.1 Å². The minimum absolute atomic E-state index is 0.371. The molecule has 2 rings (SSSR count). The maximum absolute atomic E-state index is 11.7. The summed E-state index contributed by atoms with van der Waals surface area (Å²) >= 11 is 0. The molecule has 0 spiro atoms. The number of nitrogens with one attached hydrogen (secondary N) is 1. The largest absolute Gasteiger partial charge is 0.496 e. The highest BCUT2D eigenvalue weighted by Gasteiger charge is 2.12. The van der Waals surface area contributed by atoms with Gasteiger partial charge in [0.15, 0.2) is 0 Å². The van der Waals surface area contributed by atoms with Crippen LogP contribution < -0.4 is 16.0 Å². The number of hydrazine groups is 1. The van der Waals surface area contributed by atoms with Crippen molar-refractivity contribution in [2.24, 2.45) is 5.84 Å². The van der Waals surface area contributed by atoms with Crippen LogP contribution in [0.15, 0.2) is 48.5 Å². The van der Waals surface area contributed by atoms with E-state index in [0.717, 1.165) is 11.1 Å². The second kappa shape index (κ2) is 5.33. The molecule has 3 N–H and O–H groups in total. The van der Waals surface area contributed by atoms with Gasteiger partial charge < -0.3 is 4.74 Å². The van der Waals surface area contributed by atoms with Crippen molar-refractivity contribution in [1.82, 2.24) is 5.43 Å². The van der Waals surface area contributed by atoms with Gasteiger partial charge >= 0.3 is 0 Å². The van der Waals surface area contributed by atoms with Gasteiger partial charge in [-0.15, -0.1) is 0 Å². The topological polar surface area (TPSA) is 64.3 Å². The van der Waals surface area contributed by atoms with E-state index in [0.29, 0.717) is 11.3 Å². The summed E-state index contributed by atoms with van der Waals surface area (Å²) in [6.45, 7) is 0. The fraction of sp³-hybridized carbons (Fsp3) is 0.0714. The molecule has 2 aromatic carbocycles. The summed E-state index contributed by atoms with van der Waals surface area (Å²) < 4.78 is 5.14. The Hall–Kier alpha value is -2.33. The molecule has 0 saturated carbocycles. The average Bonchev–Trinajstić information content (AvgIpc) is 2.46. The lowest BCUT2D eigenvalue weighted by Gasteiger charge is -2.09. The van der Waals surface area contributed by atoms with Crippen LogP contribution in [0.5, 0.6) is 5.75 Å². The molecular formula is C14H14N2O2. The first kappa shape index (κ1) is 12.1. The molecule has 18 heavy (non-hydrogen) atoms. The first-order chi connectivity index (χ1) is 8.76. The summed E-state index contributed by atoms with van der Waals surface area (Å²) in [5.41, 5.74) is 4.51. The van der Waals surface area contributed by atoms with Crippen LogP contribution in [0.3, 0.4) is 0 Å². The third-order valence-corrected chi connectivity index (χ3v) is 2.68. The number of ether oxygens (including phenoxy) is 1. The molecule has 0 aliphatic carbocycles. The Morgan fingerprint density at radius 3 is 2.44 bits per heavy atom. The third-order valence-electron chi connectivity index (χ3n) is 2.68. The van der Waals surface area contributed by atoms with Gasteiger partial charge in [-0.25, -0.2) is 5.84 Å². The summed E-state index contributed by atoms with van der Waals surface area (Å²) in [6, 6.07) is 15.2. The molecular weight excluding hydrogens is 228 g/mol. The van der Waals surface area contributed by atoms with Crippen molar-refractivity contribution in [3.8, 4) is 16.9 Å². The van der Waals surface area contributed by atoms with Crippen molar-refractivity contribution < 1.29 is 9.53 Å². The lowest BCUT2D eigenvalue weighted by atomic mass is 10.0. The Labute approximate surface area is 105 Å². The highest BCUT2D eigenvalue weighted by molar-refractivity contribution is 5.97. The zero-order chi connectivity index (χ0) is 13.0. The quantitative estimate of drug-likeness (QED) is 0.491. The minimum atomic E-state index is -0.371. The van der Waals surface area contributed by atoms with Crippen molar-refractivity contribution in [2.75, 3.05) is 7.11 Å². The molecule has 0 fully saturated rings. The van der Waals surface area contributed by atoms with E-state index in [9.17, 15) is 4.79 Å². The van der Waals surface area contributed by atoms with Gasteiger partial charge in [-0.05, 0) is 23.3 Å². The molecule has 1 amide bonds. The van der Waals surface area contributed by atoms with E-state index in [-0.39, 0.29) is 5.91 Å². The Morgan fingerprint density at radius 1 is 1.11 bits per heavy atom. The third kappa shape index (κ3) is 2.33. The van der Waals surface area contributed by atoms with Crippen molar-refractivity contribution >= 4 is 5.91 Å². The molecule has 0 radical (unpaired) electrons. The number of nitrogen functional groups attached to an aromatic ring is 1. The molecule has 0 unspecified atom stereocenters. The molecule has 0 aliphatic heterocycles. The molecule has 4 heteroatoms. The van der Waals surface area contributed by atoms with Crippen LogP contribution in [-0.2, 0) is 0 Å². The summed E-state index contributed by atoms with van der Waals surface area (Å²) in [5, 5.41) is 0.